The lowest BCUT2D eigenvalue weighted by molar-refractivity contribution is 0.460. The molecule has 2 aromatic carbocycles. The molecule has 0 saturated carbocycles. The molecule has 0 unspecified atom stereocenters. The van der Waals surface area contributed by atoms with Crippen LogP contribution in [-0.4, -0.2) is 10.2 Å². The maximum Gasteiger partial charge on any atom is 0.130 e. The Bertz CT molecular complexity index is 570. The van der Waals surface area contributed by atoms with Crippen LogP contribution in [0.5, 0.6) is 11.5 Å². The smallest absolute Gasteiger partial charge is 0.130 e. The maximum atomic E-state index is 13.8. The molecular formula is C16H16F2O2. The van der Waals surface area contributed by atoms with E-state index in [-0.39, 0.29) is 23.3 Å². The molecule has 2 nitrogen and oxygen atoms in total. The quantitative estimate of drug-likeness (QED) is 0.879. The van der Waals surface area contributed by atoms with Crippen molar-refractivity contribution in [2.45, 2.75) is 25.7 Å². The molecule has 2 aromatic rings. The molecular weight excluding hydrogens is 262 g/mol. The van der Waals surface area contributed by atoms with Crippen molar-refractivity contribution in [3.8, 4) is 11.5 Å². The highest BCUT2D eigenvalue weighted by Crippen LogP contribution is 2.36. The van der Waals surface area contributed by atoms with Gasteiger partial charge in [-0.1, -0.05) is 26.0 Å². The molecule has 106 valence electrons. The second-order valence-corrected chi connectivity index (χ2v) is 4.99. The molecule has 0 aromatic heterocycles. The average Bonchev–Trinajstić information content (AvgIpc) is 2.37. The van der Waals surface area contributed by atoms with Gasteiger partial charge in [0.25, 0.3) is 0 Å². The molecule has 0 bridgehead atoms. The van der Waals surface area contributed by atoms with Crippen molar-refractivity contribution >= 4 is 0 Å². The van der Waals surface area contributed by atoms with Gasteiger partial charge in [0, 0.05) is 12.1 Å². The number of hydrogen-bond donors (Lipinski definition) is 2. The minimum Gasteiger partial charge on any atom is -0.508 e. The molecule has 0 amide bonds. The zero-order valence-electron chi connectivity index (χ0n) is 11.3. The van der Waals surface area contributed by atoms with Gasteiger partial charge in [-0.25, -0.2) is 8.78 Å². The summed E-state index contributed by atoms with van der Waals surface area (Å²) in [7, 11) is 0. The van der Waals surface area contributed by atoms with Crippen molar-refractivity contribution in [1.82, 2.24) is 0 Å². The summed E-state index contributed by atoms with van der Waals surface area (Å²) in [6, 6.07) is 7.93. The SMILES string of the molecule is C[C@H](c1ccc(O)cc1F)[C@@H](C)c1ccc(O)cc1F. The Morgan fingerprint density at radius 2 is 1.10 bits per heavy atom. The zero-order chi connectivity index (χ0) is 14.9. The van der Waals surface area contributed by atoms with E-state index in [1.165, 1.54) is 24.3 Å². The van der Waals surface area contributed by atoms with Crippen molar-refractivity contribution in [1.29, 1.82) is 0 Å². The van der Waals surface area contributed by atoms with Crippen LogP contribution in [0.4, 0.5) is 8.78 Å². The fraction of sp³-hybridized carbons (Fsp3) is 0.250. The van der Waals surface area contributed by atoms with Crippen LogP contribution in [0.15, 0.2) is 36.4 Å². The molecule has 20 heavy (non-hydrogen) atoms. The highest BCUT2D eigenvalue weighted by Gasteiger charge is 2.22. The summed E-state index contributed by atoms with van der Waals surface area (Å²) in [6.45, 7) is 3.60. The number of phenols is 2. The van der Waals surface area contributed by atoms with Crippen molar-refractivity contribution in [2.75, 3.05) is 0 Å². The molecule has 0 fully saturated rings. The van der Waals surface area contributed by atoms with E-state index in [9.17, 15) is 19.0 Å². The Morgan fingerprint density at radius 1 is 0.750 bits per heavy atom. The van der Waals surface area contributed by atoms with E-state index in [0.29, 0.717) is 11.1 Å². The van der Waals surface area contributed by atoms with Gasteiger partial charge in [-0.05, 0) is 35.1 Å². The van der Waals surface area contributed by atoms with Gasteiger partial charge >= 0.3 is 0 Å². The van der Waals surface area contributed by atoms with Crippen LogP contribution in [-0.2, 0) is 0 Å². The van der Waals surface area contributed by atoms with E-state index in [0.717, 1.165) is 12.1 Å². The van der Waals surface area contributed by atoms with Crippen LogP contribution in [0.25, 0.3) is 0 Å². The second-order valence-electron chi connectivity index (χ2n) is 4.99. The lowest BCUT2D eigenvalue weighted by atomic mass is 9.83. The molecule has 4 heteroatoms. The number of hydrogen-bond acceptors (Lipinski definition) is 2. The van der Waals surface area contributed by atoms with Gasteiger partial charge in [-0.3, -0.25) is 0 Å². The van der Waals surface area contributed by atoms with E-state index in [1.54, 1.807) is 13.8 Å². The Balaban J connectivity index is 2.34. The predicted molar refractivity (Wildman–Crippen MR) is 73.0 cm³/mol. The van der Waals surface area contributed by atoms with Gasteiger partial charge in [0.1, 0.15) is 23.1 Å². The van der Waals surface area contributed by atoms with Crippen molar-refractivity contribution < 1.29 is 19.0 Å². The molecule has 2 atom stereocenters. The molecule has 0 spiro atoms. The highest BCUT2D eigenvalue weighted by atomic mass is 19.1. The van der Waals surface area contributed by atoms with Crippen LogP contribution in [0, 0.1) is 11.6 Å². The van der Waals surface area contributed by atoms with Crippen LogP contribution < -0.4 is 0 Å². The normalized spacial score (nSPS) is 14.0. The number of phenolic OH excluding ortho intramolecular Hbond substituents is 2. The van der Waals surface area contributed by atoms with E-state index in [4.69, 9.17) is 0 Å². The predicted octanol–water partition coefficient (Wildman–Crippen LogP) is 4.28. The van der Waals surface area contributed by atoms with Crippen LogP contribution >= 0.6 is 0 Å². The summed E-state index contributed by atoms with van der Waals surface area (Å²) < 4.78 is 27.7. The van der Waals surface area contributed by atoms with E-state index >= 15 is 0 Å². The number of halogens is 2. The van der Waals surface area contributed by atoms with Crippen molar-refractivity contribution in [3.63, 3.8) is 0 Å². The Labute approximate surface area is 116 Å². The Hall–Kier alpha value is -2.10. The third-order valence-electron chi connectivity index (χ3n) is 3.70. The second kappa shape index (κ2) is 5.49. The number of benzene rings is 2. The molecule has 0 aliphatic rings. The molecule has 0 radical (unpaired) electrons. The van der Waals surface area contributed by atoms with Gasteiger partial charge in [0.15, 0.2) is 0 Å². The van der Waals surface area contributed by atoms with Gasteiger partial charge in [-0.15, -0.1) is 0 Å². The summed E-state index contributed by atoms with van der Waals surface area (Å²) in [4.78, 5) is 0. The van der Waals surface area contributed by atoms with E-state index < -0.39 is 11.6 Å². The topological polar surface area (TPSA) is 40.5 Å². The summed E-state index contributed by atoms with van der Waals surface area (Å²) in [5.41, 5.74) is 0.838. The molecule has 0 aliphatic carbocycles. The third-order valence-corrected chi connectivity index (χ3v) is 3.70. The number of aromatic hydroxyl groups is 2. The minimum absolute atomic E-state index is 0.137. The third kappa shape index (κ3) is 2.74. The Kier molecular flexibility index (Phi) is 3.93. The van der Waals surface area contributed by atoms with Crippen molar-refractivity contribution in [3.05, 3.63) is 59.2 Å². The number of rotatable bonds is 3. The molecule has 0 saturated heterocycles. The fourth-order valence-electron chi connectivity index (χ4n) is 2.31. The van der Waals surface area contributed by atoms with Crippen LogP contribution in [0.2, 0.25) is 0 Å². The molecule has 0 aliphatic heterocycles. The molecule has 2 N–H and O–H groups in total. The standard InChI is InChI=1S/C16H16F2O2/c1-9(13-5-3-11(19)7-15(13)17)10(2)14-6-4-12(20)8-16(14)18/h3-10,19-20H,1-2H3/t9-,10+. The fourth-order valence-corrected chi connectivity index (χ4v) is 2.31. The first-order valence-electron chi connectivity index (χ1n) is 6.37. The minimum atomic E-state index is -0.511. The zero-order valence-corrected chi connectivity index (χ0v) is 11.3. The van der Waals surface area contributed by atoms with Gasteiger partial charge in [-0.2, -0.15) is 0 Å². The summed E-state index contributed by atoms with van der Waals surface area (Å²) in [5, 5.41) is 18.4. The first-order valence-corrected chi connectivity index (χ1v) is 6.37. The first-order chi connectivity index (χ1) is 9.40. The largest absolute Gasteiger partial charge is 0.508 e. The van der Waals surface area contributed by atoms with Gasteiger partial charge < -0.3 is 10.2 Å². The lowest BCUT2D eigenvalue weighted by Gasteiger charge is -2.22. The van der Waals surface area contributed by atoms with Crippen LogP contribution in [0.1, 0.15) is 36.8 Å². The Morgan fingerprint density at radius 3 is 1.40 bits per heavy atom. The average molecular weight is 278 g/mol. The highest BCUT2D eigenvalue weighted by molar-refractivity contribution is 5.35. The van der Waals surface area contributed by atoms with Gasteiger partial charge in [0.05, 0.1) is 0 Å². The molecule has 0 heterocycles. The summed E-state index contributed by atoms with van der Waals surface area (Å²) in [6.07, 6.45) is 0. The maximum absolute atomic E-state index is 13.8. The van der Waals surface area contributed by atoms with Gasteiger partial charge in [0.2, 0.25) is 0 Å². The first kappa shape index (κ1) is 14.3. The van der Waals surface area contributed by atoms with Crippen LogP contribution in [0.3, 0.4) is 0 Å². The monoisotopic (exact) mass is 278 g/mol. The van der Waals surface area contributed by atoms with E-state index in [1.807, 2.05) is 0 Å². The lowest BCUT2D eigenvalue weighted by Crippen LogP contribution is -2.08. The van der Waals surface area contributed by atoms with E-state index in [2.05, 4.69) is 0 Å². The summed E-state index contributed by atoms with van der Waals surface area (Å²) >= 11 is 0. The summed E-state index contributed by atoms with van der Waals surface area (Å²) in [5.74, 6) is -1.83. The van der Waals surface area contributed by atoms with Crippen molar-refractivity contribution in [2.24, 2.45) is 0 Å². The molecule has 2 rings (SSSR count).